The second-order valence-electron chi connectivity index (χ2n) is 6.67. The summed E-state index contributed by atoms with van der Waals surface area (Å²) in [5, 5.41) is 3.85. The molecule has 1 N–H and O–H groups in total. The molecule has 0 aliphatic rings. The summed E-state index contributed by atoms with van der Waals surface area (Å²) in [6.07, 6.45) is 1.22. The normalized spacial score (nSPS) is 11.8. The van der Waals surface area contributed by atoms with E-state index >= 15 is 0 Å². The number of rotatable bonds is 6. The summed E-state index contributed by atoms with van der Waals surface area (Å²) >= 11 is 0. The number of nitrogens with zero attached hydrogens (tertiary/aromatic N) is 2. The van der Waals surface area contributed by atoms with Gasteiger partial charge >= 0.3 is 0 Å². The molecule has 0 aliphatic carbocycles. The van der Waals surface area contributed by atoms with Crippen LogP contribution in [0.15, 0.2) is 47.5 Å². The van der Waals surface area contributed by atoms with Gasteiger partial charge in [-0.15, -0.1) is 0 Å². The van der Waals surface area contributed by atoms with E-state index in [-0.39, 0.29) is 22.7 Å². The zero-order valence-electron chi connectivity index (χ0n) is 15.5. The Labute approximate surface area is 165 Å². The highest BCUT2D eigenvalue weighted by atomic mass is 32.2. The molecule has 5 nitrogen and oxygen atoms in total. The molecule has 1 heterocycles. The van der Waals surface area contributed by atoms with Crippen molar-refractivity contribution in [3.63, 3.8) is 0 Å². The fourth-order valence-electron chi connectivity index (χ4n) is 2.66. The number of nitrogens with one attached hydrogen (secondary N) is 1. The van der Waals surface area contributed by atoms with E-state index in [1.165, 1.54) is 24.4 Å². The van der Waals surface area contributed by atoms with Crippen LogP contribution < -0.4 is 4.72 Å². The van der Waals surface area contributed by atoms with Crippen LogP contribution in [0.25, 0.3) is 0 Å². The molecule has 3 rings (SSSR count). The minimum Gasteiger partial charge on any atom is -0.266 e. The van der Waals surface area contributed by atoms with Crippen LogP contribution in [-0.4, -0.2) is 18.2 Å². The third-order valence-corrected chi connectivity index (χ3v) is 5.63. The number of aromatic nitrogens is 2. The monoisotopic (exact) mass is 427 g/mol. The van der Waals surface area contributed by atoms with Crippen LogP contribution in [0.1, 0.15) is 30.9 Å². The second-order valence-corrected chi connectivity index (χ2v) is 8.36. The molecule has 1 aromatic heterocycles. The Balaban J connectivity index is 1.80. The van der Waals surface area contributed by atoms with Crippen LogP contribution in [0.4, 0.5) is 23.4 Å². The third kappa shape index (κ3) is 4.42. The molecule has 2 aromatic carbocycles. The molecule has 3 aromatic rings. The van der Waals surface area contributed by atoms with E-state index in [9.17, 15) is 26.0 Å². The molecule has 154 valence electrons. The molecule has 0 bridgehead atoms. The number of benzene rings is 2. The van der Waals surface area contributed by atoms with Gasteiger partial charge in [-0.05, 0) is 23.6 Å². The standard InChI is InChI=1S/C19H17F4N3O2S/c1-11(2)12-3-5-13(6-4-12)29(27,28)25-17-7-8-26(24-17)10-14-18(22)15(20)9-16(21)19(14)23/h3-9,11H,10H2,1-2H3,(H,24,25). The highest BCUT2D eigenvalue weighted by Gasteiger charge is 2.20. The lowest BCUT2D eigenvalue weighted by atomic mass is 10.0. The van der Waals surface area contributed by atoms with Gasteiger partial charge in [0.05, 0.1) is 17.0 Å². The van der Waals surface area contributed by atoms with Crippen molar-refractivity contribution in [2.24, 2.45) is 0 Å². The van der Waals surface area contributed by atoms with Gasteiger partial charge in [0.1, 0.15) is 0 Å². The van der Waals surface area contributed by atoms with Crippen molar-refractivity contribution < 1.29 is 26.0 Å². The average Bonchev–Trinajstić information content (AvgIpc) is 3.10. The average molecular weight is 427 g/mol. The molecule has 0 radical (unpaired) electrons. The van der Waals surface area contributed by atoms with E-state index in [0.29, 0.717) is 0 Å². The first-order valence-electron chi connectivity index (χ1n) is 8.56. The summed E-state index contributed by atoms with van der Waals surface area (Å²) in [7, 11) is -3.94. The van der Waals surface area contributed by atoms with Gasteiger partial charge in [-0.1, -0.05) is 26.0 Å². The Bertz CT molecular complexity index is 1120. The molecule has 29 heavy (non-hydrogen) atoms. The number of halogens is 4. The van der Waals surface area contributed by atoms with Crippen molar-refractivity contribution in [3.8, 4) is 0 Å². The number of hydrogen-bond donors (Lipinski definition) is 1. The van der Waals surface area contributed by atoms with Crippen molar-refractivity contribution in [1.82, 2.24) is 9.78 Å². The molecule has 0 unspecified atom stereocenters. The predicted molar refractivity (Wildman–Crippen MR) is 98.9 cm³/mol. The van der Waals surface area contributed by atoms with E-state index in [1.54, 1.807) is 12.1 Å². The Morgan fingerprint density at radius 1 is 1.00 bits per heavy atom. The number of anilines is 1. The summed E-state index contributed by atoms with van der Waals surface area (Å²) in [6.45, 7) is 3.33. The van der Waals surface area contributed by atoms with E-state index < -0.39 is 45.4 Å². The Morgan fingerprint density at radius 2 is 1.59 bits per heavy atom. The Morgan fingerprint density at radius 3 is 2.14 bits per heavy atom. The second kappa shape index (κ2) is 7.86. The summed E-state index contributed by atoms with van der Waals surface area (Å²) in [6, 6.07) is 7.67. The van der Waals surface area contributed by atoms with Crippen molar-refractivity contribution in [3.05, 3.63) is 77.0 Å². The summed E-state index contributed by atoms with van der Waals surface area (Å²) in [5.74, 6) is -6.01. The third-order valence-electron chi connectivity index (χ3n) is 4.26. The van der Waals surface area contributed by atoms with Crippen LogP contribution in [0, 0.1) is 23.3 Å². The smallest absolute Gasteiger partial charge is 0.263 e. The molecule has 10 heteroatoms. The molecule has 0 aliphatic heterocycles. The molecular formula is C19H17F4N3O2S. The van der Waals surface area contributed by atoms with Gasteiger partial charge in [0.2, 0.25) is 0 Å². The van der Waals surface area contributed by atoms with E-state index in [1.807, 2.05) is 13.8 Å². The van der Waals surface area contributed by atoms with Gasteiger partial charge in [0.25, 0.3) is 10.0 Å². The van der Waals surface area contributed by atoms with Crippen LogP contribution in [-0.2, 0) is 16.6 Å². The summed E-state index contributed by atoms with van der Waals surface area (Å²) in [4.78, 5) is 0.0146. The lowest BCUT2D eigenvalue weighted by Crippen LogP contribution is -2.14. The zero-order chi connectivity index (χ0) is 21.3. The van der Waals surface area contributed by atoms with Gasteiger partial charge in [-0.3, -0.25) is 9.40 Å². The van der Waals surface area contributed by atoms with Gasteiger partial charge in [-0.2, -0.15) is 5.10 Å². The zero-order valence-corrected chi connectivity index (χ0v) is 16.3. The van der Waals surface area contributed by atoms with Crippen LogP contribution in [0.2, 0.25) is 0 Å². The van der Waals surface area contributed by atoms with Crippen LogP contribution in [0.5, 0.6) is 0 Å². The number of sulfonamides is 1. The maximum Gasteiger partial charge on any atom is 0.263 e. The molecule has 0 spiro atoms. The molecule has 0 atom stereocenters. The fraction of sp³-hybridized carbons (Fsp3) is 0.211. The van der Waals surface area contributed by atoms with Crippen LogP contribution >= 0.6 is 0 Å². The van der Waals surface area contributed by atoms with Gasteiger partial charge in [-0.25, -0.2) is 26.0 Å². The predicted octanol–water partition coefficient (Wildman–Crippen LogP) is 4.41. The van der Waals surface area contributed by atoms with Crippen molar-refractivity contribution >= 4 is 15.8 Å². The maximum absolute atomic E-state index is 13.8. The first-order valence-corrected chi connectivity index (χ1v) is 10.0. The Hall–Kier alpha value is -2.88. The molecular weight excluding hydrogens is 410 g/mol. The summed E-state index contributed by atoms with van der Waals surface area (Å²) in [5.41, 5.74) is 0.115. The van der Waals surface area contributed by atoms with Gasteiger partial charge in [0.15, 0.2) is 29.1 Å². The van der Waals surface area contributed by atoms with Gasteiger partial charge in [0, 0.05) is 18.3 Å². The number of hydrogen-bond acceptors (Lipinski definition) is 3. The van der Waals surface area contributed by atoms with Crippen LogP contribution in [0.3, 0.4) is 0 Å². The molecule has 0 saturated carbocycles. The van der Waals surface area contributed by atoms with E-state index in [2.05, 4.69) is 9.82 Å². The quantitative estimate of drug-likeness (QED) is 0.468. The van der Waals surface area contributed by atoms with Crippen molar-refractivity contribution in [2.75, 3.05) is 4.72 Å². The van der Waals surface area contributed by atoms with Gasteiger partial charge < -0.3 is 0 Å². The topological polar surface area (TPSA) is 64.0 Å². The molecule has 0 saturated heterocycles. The maximum atomic E-state index is 13.8. The van der Waals surface area contributed by atoms with E-state index in [0.717, 1.165) is 10.2 Å². The minimum absolute atomic E-state index is 0.0146. The first kappa shape index (κ1) is 20.8. The summed E-state index contributed by atoms with van der Waals surface area (Å²) < 4.78 is 82.3. The molecule has 0 amide bonds. The Kier molecular flexibility index (Phi) is 5.65. The molecule has 0 fully saturated rings. The first-order chi connectivity index (χ1) is 13.6. The van der Waals surface area contributed by atoms with Crippen molar-refractivity contribution in [2.45, 2.75) is 31.2 Å². The largest absolute Gasteiger partial charge is 0.266 e. The van der Waals surface area contributed by atoms with Crippen molar-refractivity contribution in [1.29, 1.82) is 0 Å². The van der Waals surface area contributed by atoms with E-state index in [4.69, 9.17) is 0 Å². The highest BCUT2D eigenvalue weighted by molar-refractivity contribution is 7.92. The minimum atomic E-state index is -3.94. The SMILES string of the molecule is CC(C)c1ccc(S(=O)(=O)Nc2ccn(Cc3c(F)c(F)cc(F)c3F)n2)cc1. The lowest BCUT2D eigenvalue weighted by molar-refractivity contribution is 0.431. The lowest BCUT2D eigenvalue weighted by Gasteiger charge is -2.09. The fourth-order valence-corrected chi connectivity index (χ4v) is 3.65. The highest BCUT2D eigenvalue weighted by Crippen LogP contribution is 2.22.